The van der Waals surface area contributed by atoms with Crippen molar-refractivity contribution in [2.24, 2.45) is 5.73 Å². The fourth-order valence-electron chi connectivity index (χ4n) is 2.65. The molecule has 1 amide bonds. The number of aromatic nitrogens is 1. The Morgan fingerprint density at radius 1 is 1.42 bits per heavy atom. The first-order valence-corrected chi connectivity index (χ1v) is 9.96. The second-order valence-corrected chi connectivity index (χ2v) is 10.2. The molecule has 0 radical (unpaired) electrons. The summed E-state index contributed by atoms with van der Waals surface area (Å²) < 4.78 is 28.1. The van der Waals surface area contributed by atoms with Gasteiger partial charge in [-0.25, -0.2) is 18.1 Å². The monoisotopic (exact) mass is 418 g/mol. The third-order valence-corrected chi connectivity index (χ3v) is 6.97. The molecule has 0 saturated heterocycles. The Labute approximate surface area is 151 Å². The molecule has 0 bridgehead atoms. The van der Waals surface area contributed by atoms with Crippen LogP contribution in [0.2, 0.25) is 0 Å². The Morgan fingerprint density at radius 2 is 2.04 bits per heavy atom. The van der Waals surface area contributed by atoms with Gasteiger partial charge in [-0.1, -0.05) is 6.42 Å². The maximum Gasteiger partial charge on any atom is 0.269 e. The Balaban J connectivity index is 2.24. The lowest BCUT2D eigenvalue weighted by atomic mass is 9.84. The molecule has 24 heavy (non-hydrogen) atoms. The number of nitrogens with two attached hydrogens (primary N) is 1. The molecule has 1 heterocycles. The normalized spacial score (nSPS) is 17.2. The number of amides is 1. The van der Waals surface area contributed by atoms with Crippen molar-refractivity contribution in [3.8, 4) is 0 Å². The zero-order valence-electron chi connectivity index (χ0n) is 14.0. The van der Waals surface area contributed by atoms with E-state index in [2.05, 4.69) is 31.0 Å². The Hall–Kier alpha value is -1.19. The highest BCUT2D eigenvalue weighted by molar-refractivity contribution is 9.10. The number of carbonyl (C=O) groups excluding carboxylic acids is 1. The highest BCUT2D eigenvalue weighted by Gasteiger charge is 2.49. The Bertz CT molecular complexity index is 740. The molecular formula is C15H23BrN4O3S. The Kier molecular flexibility index (Phi) is 5.27. The number of hydrogen-bond acceptors (Lipinski definition) is 5. The summed E-state index contributed by atoms with van der Waals surface area (Å²) in [5.74, 6) is -0.664. The number of sulfonamides is 1. The quantitative estimate of drug-likeness (QED) is 0.653. The third-order valence-electron chi connectivity index (χ3n) is 3.96. The predicted molar refractivity (Wildman–Crippen MR) is 97.3 cm³/mol. The van der Waals surface area contributed by atoms with Gasteiger partial charge in [0.15, 0.2) is 5.69 Å². The molecule has 4 N–H and O–H groups in total. The van der Waals surface area contributed by atoms with E-state index in [4.69, 9.17) is 5.73 Å². The summed E-state index contributed by atoms with van der Waals surface area (Å²) in [6.45, 7) is 5.63. The van der Waals surface area contributed by atoms with E-state index >= 15 is 0 Å². The molecule has 1 aromatic rings. The summed E-state index contributed by atoms with van der Waals surface area (Å²) in [4.78, 5) is 15.5. The topological polar surface area (TPSA) is 114 Å². The lowest BCUT2D eigenvalue weighted by molar-refractivity contribution is 0.0996. The van der Waals surface area contributed by atoms with Crippen molar-refractivity contribution in [3.05, 3.63) is 22.4 Å². The van der Waals surface area contributed by atoms with Gasteiger partial charge in [0.1, 0.15) is 4.75 Å². The molecule has 134 valence electrons. The van der Waals surface area contributed by atoms with E-state index in [1.807, 2.05) is 20.8 Å². The van der Waals surface area contributed by atoms with Gasteiger partial charge in [0.25, 0.3) is 5.91 Å². The van der Waals surface area contributed by atoms with Crippen LogP contribution in [0.4, 0.5) is 5.69 Å². The zero-order chi connectivity index (χ0) is 18.2. The van der Waals surface area contributed by atoms with Gasteiger partial charge in [-0.3, -0.25) is 4.79 Å². The summed E-state index contributed by atoms with van der Waals surface area (Å²) in [5.41, 5.74) is 5.30. The first-order chi connectivity index (χ1) is 11.0. The lowest BCUT2D eigenvalue weighted by Crippen LogP contribution is -2.58. The van der Waals surface area contributed by atoms with E-state index in [0.29, 0.717) is 23.0 Å². The van der Waals surface area contributed by atoms with Gasteiger partial charge in [-0.15, -0.1) is 0 Å². The standard InChI is InChI=1S/C15H23BrN4O3S/c1-14(2,3)20-24(22,23)15(5-4-6-15)9-19-11-7-10(16)8-18-12(11)13(17)21/h7-8,19-20H,4-6,9H2,1-3H3,(H2,17,21). The van der Waals surface area contributed by atoms with Crippen LogP contribution in [0.25, 0.3) is 0 Å². The molecule has 1 saturated carbocycles. The van der Waals surface area contributed by atoms with Crippen LogP contribution in [0.5, 0.6) is 0 Å². The van der Waals surface area contributed by atoms with Crippen molar-refractivity contribution >= 4 is 37.5 Å². The Morgan fingerprint density at radius 3 is 2.50 bits per heavy atom. The van der Waals surface area contributed by atoms with Gasteiger partial charge in [0.2, 0.25) is 10.0 Å². The molecule has 1 fully saturated rings. The largest absolute Gasteiger partial charge is 0.381 e. The van der Waals surface area contributed by atoms with Gasteiger partial charge in [0.05, 0.1) is 5.69 Å². The van der Waals surface area contributed by atoms with E-state index in [1.54, 1.807) is 6.07 Å². The smallest absolute Gasteiger partial charge is 0.269 e. The molecule has 1 aromatic heterocycles. The number of nitrogens with zero attached hydrogens (tertiary/aromatic N) is 1. The molecular weight excluding hydrogens is 396 g/mol. The second-order valence-electron chi connectivity index (χ2n) is 7.16. The molecule has 1 aliphatic rings. The fourth-order valence-corrected chi connectivity index (χ4v) is 5.09. The highest BCUT2D eigenvalue weighted by atomic mass is 79.9. The fraction of sp³-hybridized carbons (Fsp3) is 0.600. The minimum absolute atomic E-state index is 0.0915. The average molecular weight is 419 g/mol. The molecule has 0 atom stereocenters. The minimum atomic E-state index is -3.52. The van der Waals surface area contributed by atoms with E-state index in [9.17, 15) is 13.2 Å². The maximum atomic E-state index is 12.8. The number of halogens is 1. The van der Waals surface area contributed by atoms with E-state index in [1.165, 1.54) is 6.20 Å². The van der Waals surface area contributed by atoms with E-state index in [0.717, 1.165) is 6.42 Å². The van der Waals surface area contributed by atoms with Crippen LogP contribution in [0.15, 0.2) is 16.7 Å². The van der Waals surface area contributed by atoms with Crippen molar-refractivity contribution < 1.29 is 13.2 Å². The van der Waals surface area contributed by atoms with Gasteiger partial charge in [0, 0.05) is 22.8 Å². The van der Waals surface area contributed by atoms with Gasteiger partial charge >= 0.3 is 0 Å². The van der Waals surface area contributed by atoms with Crippen LogP contribution in [0, 0.1) is 0 Å². The maximum absolute atomic E-state index is 12.8. The summed E-state index contributed by atoms with van der Waals surface area (Å²) in [6, 6.07) is 1.67. The van der Waals surface area contributed by atoms with Crippen molar-refractivity contribution in [2.45, 2.75) is 50.3 Å². The number of anilines is 1. The SMILES string of the molecule is CC(C)(C)NS(=O)(=O)C1(CNc2cc(Br)cnc2C(N)=O)CCC1. The minimum Gasteiger partial charge on any atom is -0.381 e. The predicted octanol–water partition coefficient (Wildman–Crippen LogP) is 2.00. The number of rotatable bonds is 6. The van der Waals surface area contributed by atoms with Crippen LogP contribution in [0.3, 0.4) is 0 Å². The number of primary amides is 1. The summed E-state index contributed by atoms with van der Waals surface area (Å²) >= 11 is 3.29. The van der Waals surface area contributed by atoms with E-state index < -0.39 is 26.2 Å². The molecule has 1 aliphatic carbocycles. The molecule has 0 aliphatic heterocycles. The van der Waals surface area contributed by atoms with Crippen LogP contribution in [-0.2, 0) is 10.0 Å². The number of nitrogens with one attached hydrogen (secondary N) is 2. The number of hydrogen-bond donors (Lipinski definition) is 3. The molecule has 7 nitrogen and oxygen atoms in total. The number of pyridine rings is 1. The zero-order valence-corrected chi connectivity index (χ0v) is 16.4. The first-order valence-electron chi connectivity index (χ1n) is 7.69. The van der Waals surface area contributed by atoms with Gasteiger partial charge < -0.3 is 11.1 Å². The van der Waals surface area contributed by atoms with Crippen molar-refractivity contribution in [3.63, 3.8) is 0 Å². The van der Waals surface area contributed by atoms with Crippen molar-refractivity contribution in [1.82, 2.24) is 9.71 Å². The van der Waals surface area contributed by atoms with Crippen LogP contribution in [0.1, 0.15) is 50.5 Å². The first kappa shape index (κ1) is 19.1. The average Bonchev–Trinajstić information content (AvgIpc) is 2.33. The molecule has 9 heteroatoms. The summed E-state index contributed by atoms with van der Waals surface area (Å²) in [6.07, 6.45) is 3.46. The van der Waals surface area contributed by atoms with Crippen molar-refractivity contribution in [1.29, 1.82) is 0 Å². The molecule has 2 rings (SSSR count). The third kappa shape index (κ3) is 4.07. The lowest BCUT2D eigenvalue weighted by Gasteiger charge is -2.42. The summed E-state index contributed by atoms with van der Waals surface area (Å²) in [5, 5.41) is 3.06. The van der Waals surface area contributed by atoms with Crippen LogP contribution < -0.4 is 15.8 Å². The van der Waals surface area contributed by atoms with Crippen LogP contribution >= 0.6 is 15.9 Å². The van der Waals surface area contributed by atoms with Crippen LogP contribution in [-0.4, -0.2) is 36.1 Å². The van der Waals surface area contributed by atoms with Gasteiger partial charge in [-0.05, 0) is 55.6 Å². The summed E-state index contributed by atoms with van der Waals surface area (Å²) in [7, 11) is -3.52. The number of carbonyl (C=O) groups is 1. The van der Waals surface area contributed by atoms with E-state index in [-0.39, 0.29) is 12.2 Å². The molecule has 0 aromatic carbocycles. The van der Waals surface area contributed by atoms with Crippen molar-refractivity contribution in [2.75, 3.05) is 11.9 Å². The highest BCUT2D eigenvalue weighted by Crippen LogP contribution is 2.40. The second kappa shape index (κ2) is 6.61. The van der Waals surface area contributed by atoms with Gasteiger partial charge in [-0.2, -0.15) is 0 Å². The molecule has 0 spiro atoms. The molecule has 0 unspecified atom stereocenters.